The highest BCUT2D eigenvalue weighted by molar-refractivity contribution is 5.83. The van der Waals surface area contributed by atoms with Crippen molar-refractivity contribution >= 4 is 11.9 Å². The second kappa shape index (κ2) is 5.53. The maximum atomic E-state index is 11.4. The van der Waals surface area contributed by atoms with Gasteiger partial charge in [-0.2, -0.15) is 0 Å². The average Bonchev–Trinajstić information content (AvgIpc) is 2.16. The molecule has 0 bridgehead atoms. The zero-order valence-corrected chi connectivity index (χ0v) is 9.70. The van der Waals surface area contributed by atoms with E-state index in [1.807, 2.05) is 0 Å². The van der Waals surface area contributed by atoms with E-state index in [0.717, 1.165) is 0 Å². The van der Waals surface area contributed by atoms with Crippen LogP contribution in [0.2, 0.25) is 0 Å². The molecule has 1 atom stereocenters. The molecule has 0 aliphatic rings. The Kier molecular flexibility index (Phi) is 5.05. The maximum Gasteiger partial charge on any atom is 0.349 e. The summed E-state index contributed by atoms with van der Waals surface area (Å²) in [4.78, 5) is 22.8. The summed E-state index contributed by atoms with van der Waals surface area (Å²) in [5.74, 6) is -1.46. The van der Waals surface area contributed by atoms with Crippen molar-refractivity contribution in [3.8, 4) is 0 Å². The van der Waals surface area contributed by atoms with Gasteiger partial charge < -0.3 is 9.47 Å². The average molecular weight is 214 g/mol. The molecule has 15 heavy (non-hydrogen) atoms. The number of carbonyl (C=O) groups is 2. The van der Waals surface area contributed by atoms with Crippen LogP contribution in [0.15, 0.2) is 12.7 Å². The lowest BCUT2D eigenvalue weighted by Gasteiger charge is -2.23. The van der Waals surface area contributed by atoms with Crippen LogP contribution >= 0.6 is 0 Å². The van der Waals surface area contributed by atoms with E-state index in [9.17, 15) is 9.59 Å². The Morgan fingerprint density at radius 3 is 2.40 bits per heavy atom. The van der Waals surface area contributed by atoms with Crippen LogP contribution < -0.4 is 0 Å². The number of esters is 2. The molecule has 0 aromatic heterocycles. The molecule has 0 radical (unpaired) electrons. The summed E-state index contributed by atoms with van der Waals surface area (Å²) in [7, 11) is 0. The van der Waals surface area contributed by atoms with Crippen molar-refractivity contribution in [2.24, 2.45) is 5.92 Å². The van der Waals surface area contributed by atoms with Gasteiger partial charge >= 0.3 is 11.9 Å². The van der Waals surface area contributed by atoms with Crippen molar-refractivity contribution in [2.45, 2.75) is 33.3 Å². The highest BCUT2D eigenvalue weighted by Gasteiger charge is 2.34. The van der Waals surface area contributed by atoms with Gasteiger partial charge in [0.1, 0.15) is 0 Å². The Balaban J connectivity index is 4.42. The number of carbonyl (C=O) groups excluding carboxylic acids is 2. The molecule has 4 nitrogen and oxygen atoms in total. The molecule has 0 N–H and O–H groups in total. The molecule has 0 aromatic rings. The third kappa shape index (κ3) is 4.14. The van der Waals surface area contributed by atoms with Crippen LogP contribution in [0.25, 0.3) is 0 Å². The van der Waals surface area contributed by atoms with Crippen molar-refractivity contribution in [2.75, 3.05) is 6.61 Å². The van der Waals surface area contributed by atoms with E-state index in [4.69, 9.17) is 9.47 Å². The predicted molar refractivity (Wildman–Crippen MR) is 56.2 cm³/mol. The van der Waals surface area contributed by atoms with Gasteiger partial charge in [0.25, 0.3) is 0 Å². The van der Waals surface area contributed by atoms with Gasteiger partial charge in [-0.3, -0.25) is 4.79 Å². The smallest absolute Gasteiger partial charge is 0.349 e. The molecular formula is C11H18O4. The molecular weight excluding hydrogens is 196 g/mol. The van der Waals surface area contributed by atoms with Gasteiger partial charge in [0.15, 0.2) is 0 Å². The molecule has 0 rings (SSSR count). The zero-order chi connectivity index (χ0) is 12.1. The lowest BCUT2D eigenvalue weighted by molar-refractivity contribution is -0.179. The van der Waals surface area contributed by atoms with Crippen molar-refractivity contribution in [1.82, 2.24) is 0 Å². The van der Waals surface area contributed by atoms with Crippen molar-refractivity contribution < 1.29 is 19.1 Å². The van der Waals surface area contributed by atoms with E-state index in [0.29, 0.717) is 0 Å². The summed E-state index contributed by atoms with van der Waals surface area (Å²) in [6.45, 7) is 10.1. The Morgan fingerprint density at radius 2 is 2.00 bits per heavy atom. The molecule has 0 saturated carbocycles. The predicted octanol–water partition coefficient (Wildman–Crippen LogP) is 1.69. The quantitative estimate of drug-likeness (QED) is 0.516. The highest BCUT2D eigenvalue weighted by Crippen LogP contribution is 2.14. The van der Waals surface area contributed by atoms with Crippen LogP contribution in [0.1, 0.15) is 27.7 Å². The Bertz CT molecular complexity index is 255. The van der Waals surface area contributed by atoms with Gasteiger partial charge in [0.05, 0.1) is 12.5 Å². The Morgan fingerprint density at radius 1 is 1.47 bits per heavy atom. The minimum Gasteiger partial charge on any atom is -0.463 e. The molecule has 86 valence electrons. The number of hydrogen-bond donors (Lipinski definition) is 0. The van der Waals surface area contributed by atoms with E-state index in [-0.39, 0.29) is 6.61 Å². The largest absolute Gasteiger partial charge is 0.463 e. The van der Waals surface area contributed by atoms with Gasteiger partial charge in [-0.15, -0.1) is 6.58 Å². The molecule has 0 spiro atoms. The fraction of sp³-hybridized carbons (Fsp3) is 0.636. The minimum atomic E-state index is -1.25. The summed E-state index contributed by atoms with van der Waals surface area (Å²) in [5.41, 5.74) is -1.25. The SMILES string of the molecule is C=CC(C)C(=O)OC(C)(C)C(=O)OCC. The van der Waals surface area contributed by atoms with Gasteiger partial charge in [0, 0.05) is 0 Å². The van der Waals surface area contributed by atoms with Crippen LogP contribution in [0, 0.1) is 5.92 Å². The van der Waals surface area contributed by atoms with Gasteiger partial charge in [-0.05, 0) is 27.7 Å². The number of hydrogen-bond acceptors (Lipinski definition) is 4. The first kappa shape index (κ1) is 13.7. The molecule has 0 heterocycles. The fourth-order valence-corrected chi connectivity index (χ4v) is 0.787. The van der Waals surface area contributed by atoms with Gasteiger partial charge in [0.2, 0.25) is 5.60 Å². The lowest BCUT2D eigenvalue weighted by Crippen LogP contribution is -2.39. The zero-order valence-electron chi connectivity index (χ0n) is 9.70. The topological polar surface area (TPSA) is 52.6 Å². The van der Waals surface area contributed by atoms with Crippen LogP contribution in [-0.2, 0) is 19.1 Å². The third-order valence-corrected chi connectivity index (χ3v) is 1.85. The minimum absolute atomic E-state index is 0.261. The molecule has 0 saturated heterocycles. The van der Waals surface area contributed by atoms with E-state index in [1.165, 1.54) is 19.9 Å². The lowest BCUT2D eigenvalue weighted by atomic mass is 10.1. The van der Waals surface area contributed by atoms with Crippen molar-refractivity contribution in [3.63, 3.8) is 0 Å². The summed E-state index contributed by atoms with van der Waals surface area (Å²) >= 11 is 0. The third-order valence-electron chi connectivity index (χ3n) is 1.85. The Hall–Kier alpha value is -1.32. The Labute approximate surface area is 90.2 Å². The summed E-state index contributed by atoms with van der Waals surface area (Å²) in [6, 6.07) is 0. The monoisotopic (exact) mass is 214 g/mol. The van der Waals surface area contributed by atoms with E-state index in [2.05, 4.69) is 6.58 Å². The van der Waals surface area contributed by atoms with Crippen LogP contribution in [0.5, 0.6) is 0 Å². The standard InChI is InChI=1S/C11H18O4/c1-6-8(3)9(12)15-11(4,5)10(13)14-7-2/h6,8H,1,7H2,2-5H3. The molecule has 0 amide bonds. The fourth-order valence-electron chi connectivity index (χ4n) is 0.787. The van der Waals surface area contributed by atoms with Crippen LogP contribution in [-0.4, -0.2) is 24.1 Å². The molecule has 0 aliphatic heterocycles. The summed E-state index contributed by atoms with van der Waals surface area (Å²) in [6.07, 6.45) is 1.46. The second-order valence-electron chi connectivity index (χ2n) is 3.68. The van der Waals surface area contributed by atoms with E-state index >= 15 is 0 Å². The van der Waals surface area contributed by atoms with Crippen LogP contribution in [0.3, 0.4) is 0 Å². The second-order valence-corrected chi connectivity index (χ2v) is 3.68. The van der Waals surface area contributed by atoms with Gasteiger partial charge in [-0.25, -0.2) is 4.79 Å². The van der Waals surface area contributed by atoms with E-state index < -0.39 is 23.5 Å². The van der Waals surface area contributed by atoms with Crippen molar-refractivity contribution in [1.29, 1.82) is 0 Å². The van der Waals surface area contributed by atoms with Gasteiger partial charge in [-0.1, -0.05) is 6.08 Å². The molecule has 0 aromatic carbocycles. The molecule has 1 unspecified atom stereocenters. The van der Waals surface area contributed by atoms with Crippen molar-refractivity contribution in [3.05, 3.63) is 12.7 Å². The molecule has 0 fully saturated rings. The first-order chi connectivity index (χ1) is 6.85. The van der Waals surface area contributed by atoms with E-state index in [1.54, 1.807) is 13.8 Å². The maximum absolute atomic E-state index is 11.4. The first-order valence-corrected chi connectivity index (χ1v) is 4.87. The number of rotatable bonds is 5. The highest BCUT2D eigenvalue weighted by atomic mass is 16.6. The molecule has 4 heteroatoms. The summed E-state index contributed by atoms with van der Waals surface area (Å²) in [5, 5.41) is 0. The van der Waals surface area contributed by atoms with Crippen LogP contribution in [0.4, 0.5) is 0 Å². The number of ether oxygens (including phenoxy) is 2. The first-order valence-electron chi connectivity index (χ1n) is 4.87. The normalized spacial score (nSPS) is 12.8. The molecule has 0 aliphatic carbocycles. The summed E-state index contributed by atoms with van der Waals surface area (Å²) < 4.78 is 9.80.